The molecule has 0 aliphatic carbocycles. The third-order valence-corrected chi connectivity index (χ3v) is 6.87. The molecule has 0 aromatic heterocycles. The van der Waals surface area contributed by atoms with Crippen LogP contribution < -0.4 is 10.5 Å². The normalized spacial score (nSPS) is 16.1. The molecule has 10 heteroatoms. The molecule has 3 N–H and O–H groups in total. The van der Waals surface area contributed by atoms with Crippen molar-refractivity contribution in [1.29, 1.82) is 0 Å². The molecule has 2 rings (SSSR count). The van der Waals surface area contributed by atoms with E-state index < -0.39 is 30.0 Å². The molecular weight excluding hydrogens is 531 g/mol. The summed E-state index contributed by atoms with van der Waals surface area (Å²) >= 11 is 6.19. The second-order valence-corrected chi connectivity index (χ2v) is 10.6. The number of likely N-dealkylation sites (N-methyl/N-ethyl adjacent to an activating group) is 1. The zero-order chi connectivity index (χ0) is 29.9. The first-order valence-corrected chi connectivity index (χ1v) is 13.6. The number of halogens is 4. The van der Waals surface area contributed by atoms with Gasteiger partial charge in [-0.25, -0.2) is 0 Å². The molecule has 1 heterocycles. The number of benzene rings is 1. The van der Waals surface area contributed by atoms with Crippen molar-refractivity contribution in [2.24, 2.45) is 10.7 Å². The van der Waals surface area contributed by atoms with Gasteiger partial charge in [0, 0.05) is 49.0 Å². The van der Waals surface area contributed by atoms with Crippen molar-refractivity contribution >= 4 is 17.8 Å². The van der Waals surface area contributed by atoms with E-state index in [1.807, 2.05) is 0 Å². The van der Waals surface area contributed by atoms with Gasteiger partial charge in [-0.1, -0.05) is 45.4 Å². The zero-order valence-corrected chi connectivity index (χ0v) is 25.0. The van der Waals surface area contributed by atoms with Gasteiger partial charge >= 0.3 is 6.18 Å². The largest absolute Gasteiger partial charge is 0.493 e. The first kappa shape index (κ1) is 35.0. The number of alkyl halides is 3. The van der Waals surface area contributed by atoms with Crippen LogP contribution >= 0.6 is 11.6 Å². The lowest BCUT2D eigenvalue weighted by molar-refractivity contribution is -0.266. The minimum absolute atomic E-state index is 0.114. The Morgan fingerprint density at radius 1 is 1.23 bits per heavy atom. The molecule has 0 fully saturated rings. The Labute approximate surface area is 236 Å². The molecule has 1 aromatic rings. The highest BCUT2D eigenvalue weighted by Gasteiger charge is 2.56. The summed E-state index contributed by atoms with van der Waals surface area (Å²) in [6, 6.07) is 3.36. The van der Waals surface area contributed by atoms with E-state index in [-0.39, 0.29) is 5.70 Å². The number of methoxy groups -OCH3 is 1. The number of aliphatic hydroxyl groups is 1. The lowest BCUT2D eigenvalue weighted by atomic mass is 9.72. The van der Waals surface area contributed by atoms with Crippen molar-refractivity contribution in [3.8, 4) is 5.75 Å². The Bertz CT molecular complexity index is 1010. The molecule has 1 aliphatic rings. The Balaban J connectivity index is 0.000000724. The molecule has 0 amide bonds. The Morgan fingerprint density at radius 3 is 2.38 bits per heavy atom. The highest BCUT2D eigenvalue weighted by atomic mass is 35.5. The van der Waals surface area contributed by atoms with E-state index in [1.165, 1.54) is 12.3 Å². The molecule has 0 spiro atoms. The third kappa shape index (κ3) is 10.4. The summed E-state index contributed by atoms with van der Waals surface area (Å²) in [6.07, 6.45) is -1.17. The minimum Gasteiger partial charge on any atom is -0.493 e. The number of rotatable bonds is 12. The van der Waals surface area contributed by atoms with Crippen molar-refractivity contribution in [2.45, 2.75) is 78.0 Å². The maximum Gasteiger partial charge on any atom is 0.417 e. The van der Waals surface area contributed by atoms with Crippen LogP contribution in [0.1, 0.15) is 65.5 Å². The van der Waals surface area contributed by atoms with Gasteiger partial charge in [0.1, 0.15) is 5.75 Å². The van der Waals surface area contributed by atoms with Crippen LogP contribution in [0.4, 0.5) is 13.2 Å². The topological polar surface area (TPSA) is 80.3 Å². The van der Waals surface area contributed by atoms with Crippen molar-refractivity contribution in [3.05, 3.63) is 51.8 Å². The molecule has 0 bridgehead atoms. The smallest absolute Gasteiger partial charge is 0.417 e. The first-order valence-electron chi connectivity index (χ1n) is 13.2. The number of fused-ring (bicyclic) bond motifs is 1. The zero-order valence-electron chi connectivity index (χ0n) is 24.3. The standard InChI is InChI=1S/C22H28ClF3N2O2.C7H17NO/c1-5-17(28-6-2)11-16(27)12-21(29,22(24,25)26)13-20(3,4)18-10-15(23)9-14-7-8-30-19(14)18;1-4-8(5-2)6-7-9-3/h5-6,9-11,29H,7-8,12-13,27H2,1-4H3;4-7H2,1-3H3/b16-11-,17-5-,28-6?;. The Hall–Kier alpha value is -2.07. The van der Waals surface area contributed by atoms with Crippen molar-refractivity contribution in [2.75, 3.05) is 40.0 Å². The lowest BCUT2D eigenvalue weighted by Crippen LogP contribution is -2.50. The predicted molar refractivity (Wildman–Crippen MR) is 154 cm³/mol. The average Bonchev–Trinajstić information content (AvgIpc) is 3.31. The van der Waals surface area contributed by atoms with Gasteiger partial charge in [-0.3, -0.25) is 4.99 Å². The predicted octanol–water partition coefficient (Wildman–Crippen LogP) is 6.44. The summed E-state index contributed by atoms with van der Waals surface area (Å²) in [5, 5.41) is 11.2. The number of hydrogen-bond acceptors (Lipinski definition) is 6. The summed E-state index contributed by atoms with van der Waals surface area (Å²) in [4.78, 5) is 6.37. The molecule has 1 aromatic carbocycles. The van der Waals surface area contributed by atoms with E-state index in [0.29, 0.717) is 35.1 Å². The maximum atomic E-state index is 14.0. The van der Waals surface area contributed by atoms with Crippen LogP contribution in [0.5, 0.6) is 5.75 Å². The summed E-state index contributed by atoms with van der Waals surface area (Å²) in [6.45, 7) is 15.6. The fourth-order valence-electron chi connectivity index (χ4n) is 4.54. The van der Waals surface area contributed by atoms with Gasteiger partial charge in [0.05, 0.1) is 18.9 Å². The monoisotopic (exact) mass is 575 g/mol. The van der Waals surface area contributed by atoms with Crippen molar-refractivity contribution in [1.82, 2.24) is 4.90 Å². The summed E-state index contributed by atoms with van der Waals surface area (Å²) in [7, 11) is 1.74. The van der Waals surface area contributed by atoms with E-state index in [2.05, 4.69) is 23.7 Å². The highest BCUT2D eigenvalue weighted by molar-refractivity contribution is 6.30. The molecule has 0 radical (unpaired) electrons. The van der Waals surface area contributed by atoms with Crippen LogP contribution in [0, 0.1) is 0 Å². The van der Waals surface area contributed by atoms with Crippen LogP contribution in [0.15, 0.2) is 40.7 Å². The van der Waals surface area contributed by atoms with E-state index in [4.69, 9.17) is 26.8 Å². The fourth-order valence-corrected chi connectivity index (χ4v) is 4.79. The third-order valence-electron chi connectivity index (χ3n) is 6.65. The van der Waals surface area contributed by atoms with Gasteiger partial charge in [0.15, 0.2) is 5.60 Å². The lowest BCUT2D eigenvalue weighted by Gasteiger charge is -2.38. The number of ether oxygens (including phenoxy) is 2. The quantitative estimate of drug-likeness (QED) is 0.221. The number of nitrogens with zero attached hydrogens (tertiary/aromatic N) is 2. The SMILES string of the molecule is CC=NC(/C=C(\N)CC(O)(CC(C)(C)c1cc(Cl)cc2c1OCC2)C(F)(F)F)=C\C.CCN(CC)CCOC. The second-order valence-electron chi connectivity index (χ2n) is 10.1. The van der Waals surface area contributed by atoms with Crippen LogP contribution in [-0.2, 0) is 16.6 Å². The molecule has 1 unspecified atom stereocenters. The van der Waals surface area contributed by atoms with E-state index in [0.717, 1.165) is 31.8 Å². The second kappa shape index (κ2) is 15.6. The fraction of sp³-hybridized carbons (Fsp3) is 0.621. The minimum atomic E-state index is -4.89. The number of nitrogens with two attached hydrogens (primary N) is 1. The molecule has 0 saturated carbocycles. The molecule has 222 valence electrons. The van der Waals surface area contributed by atoms with Crippen LogP contribution in [0.3, 0.4) is 0 Å². The van der Waals surface area contributed by atoms with E-state index in [1.54, 1.807) is 53.0 Å². The summed E-state index contributed by atoms with van der Waals surface area (Å²) in [5.41, 5.74) is 3.44. The van der Waals surface area contributed by atoms with Gasteiger partial charge in [0.25, 0.3) is 0 Å². The van der Waals surface area contributed by atoms with Gasteiger partial charge in [-0.15, -0.1) is 0 Å². The number of allylic oxidation sites excluding steroid dienone is 2. The first-order chi connectivity index (χ1) is 18.2. The summed E-state index contributed by atoms with van der Waals surface area (Å²) in [5.74, 6) is 0.547. The Morgan fingerprint density at radius 2 is 1.87 bits per heavy atom. The molecule has 0 saturated heterocycles. The maximum absolute atomic E-state index is 14.0. The van der Waals surface area contributed by atoms with E-state index in [9.17, 15) is 18.3 Å². The summed E-state index contributed by atoms with van der Waals surface area (Å²) < 4.78 is 52.6. The van der Waals surface area contributed by atoms with Crippen molar-refractivity contribution < 1.29 is 27.8 Å². The average molecular weight is 576 g/mol. The van der Waals surface area contributed by atoms with Crippen LogP contribution in [0.25, 0.3) is 0 Å². The van der Waals surface area contributed by atoms with Gasteiger partial charge < -0.3 is 25.2 Å². The van der Waals surface area contributed by atoms with Crippen LogP contribution in [0.2, 0.25) is 5.02 Å². The molecular formula is C29H45ClF3N3O3. The van der Waals surface area contributed by atoms with Crippen molar-refractivity contribution in [3.63, 3.8) is 0 Å². The number of aliphatic imine (C=N–C) groups is 1. The molecule has 39 heavy (non-hydrogen) atoms. The number of hydrogen-bond donors (Lipinski definition) is 2. The van der Waals surface area contributed by atoms with Gasteiger partial charge in [-0.05, 0) is 62.5 Å². The molecule has 1 aliphatic heterocycles. The van der Waals surface area contributed by atoms with Gasteiger partial charge in [-0.2, -0.15) is 13.2 Å². The molecule has 6 nitrogen and oxygen atoms in total. The Kier molecular flexibility index (Phi) is 14.0. The van der Waals surface area contributed by atoms with E-state index >= 15 is 0 Å². The van der Waals surface area contributed by atoms with Gasteiger partial charge in [0.2, 0.25) is 0 Å². The highest BCUT2D eigenvalue weighted by Crippen LogP contribution is 2.48. The van der Waals surface area contributed by atoms with Crippen LogP contribution in [-0.4, -0.2) is 68.0 Å². The molecule has 1 atom stereocenters.